The highest BCUT2D eigenvalue weighted by Crippen LogP contribution is 2.48. The van der Waals surface area contributed by atoms with E-state index in [0.717, 1.165) is 93.0 Å². The van der Waals surface area contributed by atoms with Crippen LogP contribution in [0.2, 0.25) is 15.1 Å². The number of rotatable bonds is 11. The Labute approximate surface area is 595 Å². The van der Waals surface area contributed by atoms with Gasteiger partial charge < -0.3 is 24.4 Å². The van der Waals surface area contributed by atoms with E-state index in [0.29, 0.717) is 38.2 Å². The highest BCUT2D eigenvalue weighted by molar-refractivity contribution is 7.85. The second-order valence-corrected chi connectivity index (χ2v) is 33.6. The smallest absolute Gasteiger partial charge is 0.333 e. The lowest BCUT2D eigenvalue weighted by Gasteiger charge is -2.21. The number of amides is 1. The molecule has 0 aliphatic carbocycles. The third-order valence-corrected chi connectivity index (χ3v) is 20.2. The predicted molar refractivity (Wildman–Crippen MR) is 389 cm³/mol. The molecule has 97 heavy (non-hydrogen) atoms. The topological polar surface area (TPSA) is 244 Å². The zero-order valence-electron chi connectivity index (χ0n) is 56.1. The quantitative estimate of drug-likeness (QED) is 0.0905. The molecule has 5 aromatic heterocycles. The minimum Gasteiger partial charge on any atom is -0.481 e. The molecule has 0 radical (unpaired) electrons. The lowest BCUT2D eigenvalue weighted by molar-refractivity contribution is -0.156. The molecular formula is C70H73Cl4N10O9PS3. The first-order valence-corrected chi connectivity index (χ1v) is 37.3. The van der Waals surface area contributed by atoms with Crippen LogP contribution in [-0.4, -0.2) is 99.5 Å². The molecule has 1 unspecified atom stereocenters. The van der Waals surface area contributed by atoms with Crippen molar-refractivity contribution in [1.82, 2.24) is 29.5 Å². The van der Waals surface area contributed by atoms with E-state index in [1.165, 1.54) is 27.8 Å². The first-order chi connectivity index (χ1) is 45.5. The molecule has 2 N–H and O–H groups in total. The Bertz CT molecular complexity index is 4600. The average Bonchev–Trinajstić information content (AvgIpc) is 1.61. The molecule has 3 aliphatic rings. The van der Waals surface area contributed by atoms with E-state index in [1.54, 1.807) is 79.8 Å². The Hall–Kier alpha value is -7.66. The van der Waals surface area contributed by atoms with Gasteiger partial charge in [0.15, 0.2) is 11.6 Å². The minimum absolute atomic E-state index is 0.0828. The first kappa shape index (κ1) is 73.6. The Morgan fingerprint density at radius 3 is 1.29 bits per heavy atom. The SMILES string of the molecule is CP(=O)(Cl)Oc1ccccc1.Cc1sc2c(c1C)C(c1ccc(Cl)cc1)=N[C@@H](CC(=O)O)c1nnc(C)n1-2.Cc1sc2c(c1C)C(c1ccc(Cl)cc1)=N[C@@H](CC(=O)OC(C)(C)C)C(=O)N2.Cc1sc2c(c1C)C(c1ccc(Cl)cc1)=N[C@@H](CC(=O)OC(C)(C)C)c1nnc(C)n1-2. The van der Waals surface area contributed by atoms with Gasteiger partial charge in [-0.1, -0.05) is 89.4 Å². The fourth-order valence-corrected chi connectivity index (χ4v) is 15.2. The number of fused-ring (bicyclic) bond motifs is 7. The third-order valence-electron chi connectivity index (χ3n) is 15.2. The van der Waals surface area contributed by atoms with Crippen molar-refractivity contribution in [3.63, 3.8) is 0 Å². The summed E-state index contributed by atoms with van der Waals surface area (Å²) in [5, 5.41) is 34.2. The average molecular weight is 1470 g/mol. The number of esters is 2. The summed E-state index contributed by atoms with van der Waals surface area (Å²) < 4.78 is 30.8. The fraction of sp³-hybridized carbons (Fsp3) is 0.329. The van der Waals surface area contributed by atoms with E-state index < -0.39 is 48.0 Å². The van der Waals surface area contributed by atoms with Crippen LogP contribution in [0.25, 0.3) is 10.0 Å². The van der Waals surface area contributed by atoms with Crippen molar-refractivity contribution in [2.45, 2.75) is 146 Å². The molecular weight excluding hydrogens is 1390 g/mol. The summed E-state index contributed by atoms with van der Waals surface area (Å²) >= 11 is 28.5. The molecule has 0 saturated carbocycles. The molecule has 508 valence electrons. The van der Waals surface area contributed by atoms with Crippen molar-refractivity contribution in [1.29, 1.82) is 0 Å². The summed E-state index contributed by atoms with van der Waals surface area (Å²) in [6.45, 7) is 25.6. The molecule has 3 aliphatic heterocycles. The van der Waals surface area contributed by atoms with E-state index >= 15 is 0 Å². The second-order valence-electron chi connectivity index (χ2n) is 25.1. The second kappa shape index (κ2) is 30.2. The van der Waals surface area contributed by atoms with Crippen molar-refractivity contribution in [2.24, 2.45) is 15.0 Å². The Morgan fingerprint density at radius 1 is 0.536 bits per heavy atom. The zero-order valence-corrected chi connectivity index (χ0v) is 62.5. The fourth-order valence-electron chi connectivity index (χ4n) is 10.6. The number of aliphatic imine (C=N–C) groups is 3. The zero-order chi connectivity index (χ0) is 70.7. The monoisotopic (exact) mass is 1460 g/mol. The number of carboxylic acids is 1. The molecule has 12 rings (SSSR count). The van der Waals surface area contributed by atoms with Gasteiger partial charge in [-0.3, -0.25) is 47.9 Å². The van der Waals surface area contributed by atoms with Crippen LogP contribution in [0.15, 0.2) is 118 Å². The number of anilines is 1. The Morgan fingerprint density at radius 2 is 0.897 bits per heavy atom. The number of hydrogen-bond donors (Lipinski definition) is 2. The van der Waals surface area contributed by atoms with Crippen LogP contribution < -0.4 is 9.84 Å². The van der Waals surface area contributed by atoms with Crippen LogP contribution in [-0.2, 0) is 33.2 Å². The number of hydrogen-bond acceptors (Lipinski definition) is 18. The molecule has 0 bridgehead atoms. The third kappa shape index (κ3) is 18.0. The molecule has 19 nitrogen and oxygen atoms in total. The van der Waals surface area contributed by atoms with Crippen molar-refractivity contribution in [2.75, 3.05) is 12.0 Å². The van der Waals surface area contributed by atoms with E-state index in [4.69, 9.17) is 75.0 Å². The Balaban J connectivity index is 0.000000158. The van der Waals surface area contributed by atoms with Crippen LogP contribution in [0.3, 0.4) is 0 Å². The highest BCUT2D eigenvalue weighted by atomic mass is 35.7. The van der Waals surface area contributed by atoms with E-state index in [9.17, 15) is 28.8 Å². The largest absolute Gasteiger partial charge is 0.481 e. The number of aryl methyl sites for hydroxylation is 5. The van der Waals surface area contributed by atoms with Gasteiger partial charge in [-0.25, -0.2) is 0 Å². The summed E-state index contributed by atoms with van der Waals surface area (Å²) in [5.74, 6) is 1.22. The van der Waals surface area contributed by atoms with Crippen molar-refractivity contribution in [3.8, 4) is 15.8 Å². The Kier molecular flexibility index (Phi) is 22.9. The highest BCUT2D eigenvalue weighted by Gasteiger charge is 2.36. The van der Waals surface area contributed by atoms with Gasteiger partial charge in [-0.15, -0.1) is 54.4 Å². The summed E-state index contributed by atoms with van der Waals surface area (Å²) in [4.78, 5) is 67.4. The van der Waals surface area contributed by atoms with Crippen LogP contribution in [0.1, 0.15) is 161 Å². The standard InChI is InChI=1S/C23H25ClN4O2S.C21H23ClN2O3S.C19H17ClN4O2S.C7H8ClO2P/c1-12-13(2)31-22-19(12)20(15-7-9-16(24)10-8-15)25-17(11-18(29)30-23(4,5)6)21-27-26-14(3)28(21)22;1-11-12(2)28-20-17(11)18(13-6-8-14(22)9-7-13)23-15(19(26)24-20)10-16(25)27-21(3,4)5;1-9-10(2)27-19-16(9)17(12-4-6-13(20)7-5-12)21-14(8-15(25)26)18-23-22-11(3)24(18)19;1-11(8,9)10-7-5-3-2-4-6-7/h7-10,17H,11H2,1-6H3;6-9,15H,10H2,1-5H3,(H,24,26);4-7,14H,8H2,1-3H3,(H,25,26);2-6H,1H3/t17-;15-;14-;/m000./s1. The van der Waals surface area contributed by atoms with Crippen molar-refractivity contribution >= 4 is 133 Å². The molecule has 0 fully saturated rings. The van der Waals surface area contributed by atoms with E-state index in [1.807, 2.05) is 124 Å². The maximum Gasteiger partial charge on any atom is 0.333 e. The number of aliphatic carboxylic acids is 1. The molecule has 4 aromatic carbocycles. The van der Waals surface area contributed by atoms with Gasteiger partial charge in [0.25, 0.3) is 0 Å². The van der Waals surface area contributed by atoms with Gasteiger partial charge in [-0.05, 0) is 173 Å². The number of nitrogens with one attached hydrogen (secondary N) is 1. The summed E-state index contributed by atoms with van der Waals surface area (Å²) in [7, 11) is 0. The van der Waals surface area contributed by atoms with Crippen LogP contribution in [0.5, 0.6) is 5.75 Å². The van der Waals surface area contributed by atoms with Gasteiger partial charge >= 0.3 is 24.6 Å². The first-order valence-electron chi connectivity index (χ1n) is 30.7. The predicted octanol–water partition coefficient (Wildman–Crippen LogP) is 17.8. The number of carbonyl (C=O) groups is 4. The molecule has 1 amide bonds. The number of para-hydroxylation sites is 1. The minimum atomic E-state index is -2.92. The molecule has 0 spiro atoms. The van der Waals surface area contributed by atoms with E-state index in [2.05, 4.69) is 53.4 Å². The molecule has 9 aromatic rings. The lowest BCUT2D eigenvalue weighted by atomic mass is 9.99. The summed E-state index contributed by atoms with van der Waals surface area (Å²) in [6, 6.07) is 29.3. The van der Waals surface area contributed by atoms with Gasteiger partial charge in [0, 0.05) is 69.7 Å². The van der Waals surface area contributed by atoms with Gasteiger partial charge in [0.05, 0.1) is 36.4 Å². The molecule has 0 saturated heterocycles. The number of ether oxygens (including phenoxy) is 2. The number of aromatic nitrogens is 6. The van der Waals surface area contributed by atoms with Gasteiger partial charge in [0.1, 0.15) is 61.7 Å². The van der Waals surface area contributed by atoms with Crippen molar-refractivity contribution in [3.05, 3.63) is 206 Å². The number of thiophene rings is 3. The lowest BCUT2D eigenvalue weighted by Crippen LogP contribution is -2.31. The number of carbonyl (C=O) groups excluding carboxylic acids is 3. The van der Waals surface area contributed by atoms with Crippen LogP contribution in [0.4, 0.5) is 5.00 Å². The maximum atomic E-state index is 12.8. The van der Waals surface area contributed by atoms with E-state index in [-0.39, 0.29) is 31.1 Å². The maximum absolute atomic E-state index is 12.8. The van der Waals surface area contributed by atoms with Crippen molar-refractivity contribution < 1.29 is 42.8 Å². The summed E-state index contributed by atoms with van der Waals surface area (Å²) in [6.07, 6.45) is -0.186. The van der Waals surface area contributed by atoms with Gasteiger partial charge in [0.2, 0.25) is 5.91 Å². The number of carboxylic acid groups (broad SMARTS) is 1. The number of benzene rings is 4. The molecule has 4 atom stereocenters. The van der Waals surface area contributed by atoms with Gasteiger partial charge in [-0.2, -0.15) is 0 Å². The van der Waals surface area contributed by atoms with Crippen LogP contribution >= 0.6 is 86.8 Å². The van der Waals surface area contributed by atoms with Crippen LogP contribution in [0, 0.1) is 55.4 Å². The number of halogens is 4. The number of nitrogens with zero attached hydrogens (tertiary/aromatic N) is 9. The summed E-state index contributed by atoms with van der Waals surface area (Å²) in [5.41, 5.74) is 10.0. The molecule has 8 heterocycles. The molecule has 27 heteroatoms. The normalized spacial score (nSPS) is 16.0.